The fourth-order valence-electron chi connectivity index (χ4n) is 4.90. The summed E-state index contributed by atoms with van der Waals surface area (Å²) in [7, 11) is 0. The van der Waals surface area contributed by atoms with E-state index in [1.54, 1.807) is 0 Å². The second kappa shape index (κ2) is 11.2. The van der Waals surface area contributed by atoms with Crippen LogP contribution in [0, 0.1) is 0 Å². The third-order valence-corrected chi connectivity index (χ3v) is 7.31. The molecule has 0 spiro atoms. The van der Waals surface area contributed by atoms with Gasteiger partial charge >= 0.3 is 0 Å². The molecule has 2 aromatic heterocycles. The lowest BCUT2D eigenvalue weighted by molar-refractivity contribution is 0.102. The zero-order chi connectivity index (χ0) is 26.6. The van der Waals surface area contributed by atoms with E-state index in [1.165, 1.54) is 0 Å². The van der Waals surface area contributed by atoms with Crippen molar-refractivity contribution >= 4 is 39.9 Å². The molecule has 1 saturated heterocycles. The molecular weight excluding hydrogens is 506 g/mol. The molecule has 1 amide bonds. The van der Waals surface area contributed by atoms with Crippen LogP contribution in [-0.2, 0) is 6.54 Å². The number of halogens is 1. The summed E-state index contributed by atoms with van der Waals surface area (Å²) in [4.78, 5) is 27.0. The predicted molar refractivity (Wildman–Crippen MR) is 158 cm³/mol. The lowest BCUT2D eigenvalue weighted by Gasteiger charge is -2.35. The summed E-state index contributed by atoms with van der Waals surface area (Å²) >= 11 is 5.99. The largest absolute Gasteiger partial charge is 0.354 e. The van der Waals surface area contributed by atoms with Crippen molar-refractivity contribution in [3.63, 3.8) is 0 Å². The normalized spacial score (nSPS) is 13.9. The summed E-state index contributed by atoms with van der Waals surface area (Å²) in [6.45, 7) is 4.68. The minimum absolute atomic E-state index is 0.147. The highest BCUT2D eigenvalue weighted by atomic mass is 35.5. The Bertz CT molecular complexity index is 1580. The van der Waals surface area contributed by atoms with Crippen LogP contribution in [0.3, 0.4) is 0 Å². The first-order valence-electron chi connectivity index (χ1n) is 13.1. The molecule has 1 fully saturated rings. The number of aromatic nitrogens is 2. The van der Waals surface area contributed by atoms with Gasteiger partial charge in [0.2, 0.25) is 0 Å². The number of hydrogen-bond donors (Lipinski definition) is 1. The third kappa shape index (κ3) is 5.93. The molecule has 1 aliphatic heterocycles. The molecule has 0 bridgehead atoms. The Kier molecular flexibility index (Phi) is 7.21. The Balaban J connectivity index is 1.07. The summed E-state index contributed by atoms with van der Waals surface area (Å²) in [5.74, 6) is 0.894. The first kappa shape index (κ1) is 25.0. The van der Waals surface area contributed by atoms with E-state index in [4.69, 9.17) is 16.6 Å². The highest BCUT2D eigenvalue weighted by Crippen LogP contribution is 2.23. The van der Waals surface area contributed by atoms with Gasteiger partial charge in [0.15, 0.2) is 0 Å². The van der Waals surface area contributed by atoms with Crippen molar-refractivity contribution in [2.75, 3.05) is 36.4 Å². The Labute approximate surface area is 232 Å². The van der Waals surface area contributed by atoms with Crippen LogP contribution < -0.4 is 10.2 Å². The number of nitrogens with zero attached hydrogens (tertiary/aromatic N) is 4. The van der Waals surface area contributed by atoms with E-state index in [1.807, 2.05) is 85.1 Å². The molecule has 6 rings (SSSR count). The Morgan fingerprint density at radius 3 is 2.28 bits per heavy atom. The number of anilines is 2. The molecule has 0 unspecified atom stereocenters. The van der Waals surface area contributed by atoms with Crippen LogP contribution in [0.25, 0.3) is 22.0 Å². The van der Waals surface area contributed by atoms with Gasteiger partial charge in [-0.2, -0.15) is 0 Å². The van der Waals surface area contributed by atoms with Gasteiger partial charge in [-0.05, 0) is 71.8 Å². The van der Waals surface area contributed by atoms with Gasteiger partial charge in [-0.1, -0.05) is 48.0 Å². The van der Waals surface area contributed by atoms with Crippen LogP contribution >= 0.6 is 11.6 Å². The second-order valence-corrected chi connectivity index (χ2v) is 10.1. The summed E-state index contributed by atoms with van der Waals surface area (Å²) in [5.41, 5.74) is 5.40. The van der Waals surface area contributed by atoms with Gasteiger partial charge in [-0.25, -0.2) is 4.98 Å². The number of nitrogens with one attached hydrogen (secondary N) is 1. The third-order valence-electron chi connectivity index (χ3n) is 7.06. The lowest BCUT2D eigenvalue weighted by Crippen LogP contribution is -2.46. The van der Waals surface area contributed by atoms with Gasteiger partial charge in [-0.15, -0.1) is 0 Å². The molecule has 0 aliphatic carbocycles. The van der Waals surface area contributed by atoms with E-state index >= 15 is 0 Å². The molecule has 194 valence electrons. The summed E-state index contributed by atoms with van der Waals surface area (Å²) in [5, 5.41) is 4.71. The van der Waals surface area contributed by atoms with E-state index in [2.05, 4.69) is 38.3 Å². The maximum Gasteiger partial charge on any atom is 0.255 e. The maximum atomic E-state index is 12.9. The predicted octanol–water partition coefficient (Wildman–Crippen LogP) is 6.52. The number of pyridine rings is 2. The lowest BCUT2D eigenvalue weighted by atomic mass is 10.0. The number of carbonyl (C=O) groups excluding carboxylic acids is 1. The topological polar surface area (TPSA) is 61.4 Å². The van der Waals surface area contributed by atoms with Gasteiger partial charge in [0.05, 0.1) is 11.2 Å². The number of hydrogen-bond acceptors (Lipinski definition) is 5. The number of rotatable bonds is 6. The molecule has 1 N–H and O–H groups in total. The molecule has 1 aliphatic rings. The molecule has 7 heteroatoms. The van der Waals surface area contributed by atoms with Gasteiger partial charge < -0.3 is 10.2 Å². The number of fused-ring (bicyclic) bond motifs is 1. The quantitative estimate of drug-likeness (QED) is 0.269. The average Bonchev–Trinajstić information content (AvgIpc) is 2.98. The number of carbonyl (C=O) groups is 1. The summed E-state index contributed by atoms with van der Waals surface area (Å²) in [6.07, 6.45) is 1.85. The average molecular weight is 534 g/mol. The van der Waals surface area contributed by atoms with Crippen molar-refractivity contribution in [1.29, 1.82) is 0 Å². The van der Waals surface area contributed by atoms with Gasteiger partial charge in [-0.3, -0.25) is 14.7 Å². The number of piperazine rings is 1. The Hall–Kier alpha value is -4.26. The zero-order valence-electron chi connectivity index (χ0n) is 21.4. The summed E-state index contributed by atoms with van der Waals surface area (Å²) in [6, 6.07) is 31.3. The monoisotopic (exact) mass is 533 g/mol. The minimum atomic E-state index is -0.147. The maximum absolute atomic E-state index is 12.9. The van der Waals surface area contributed by atoms with E-state index in [0.717, 1.165) is 72.0 Å². The fourth-order valence-corrected chi connectivity index (χ4v) is 5.02. The minimum Gasteiger partial charge on any atom is -0.354 e. The van der Waals surface area contributed by atoms with E-state index in [-0.39, 0.29) is 5.91 Å². The molecule has 39 heavy (non-hydrogen) atoms. The number of amides is 1. The molecule has 0 radical (unpaired) electrons. The van der Waals surface area contributed by atoms with Crippen molar-refractivity contribution < 1.29 is 4.79 Å². The van der Waals surface area contributed by atoms with Gasteiger partial charge in [0, 0.05) is 60.6 Å². The van der Waals surface area contributed by atoms with Crippen LogP contribution in [0.5, 0.6) is 0 Å². The highest BCUT2D eigenvalue weighted by molar-refractivity contribution is 6.30. The summed E-state index contributed by atoms with van der Waals surface area (Å²) < 4.78 is 0. The van der Waals surface area contributed by atoms with Crippen LogP contribution in [0.15, 0.2) is 103 Å². The molecule has 0 atom stereocenters. The second-order valence-electron chi connectivity index (χ2n) is 9.70. The van der Waals surface area contributed by atoms with Crippen molar-refractivity contribution in [1.82, 2.24) is 14.9 Å². The SMILES string of the molecule is O=C(Nc1ccc2nc(CN3CCN(c4ccccn4)CC3)ccc2c1)c1ccc(-c2ccc(Cl)cc2)cc1. The standard InChI is InChI=1S/C32H28ClN5O/c33-27-11-8-24(9-12-27)23-4-6-25(7-5-23)32(39)36-28-14-15-30-26(21-28)10-13-29(35-30)22-37-17-19-38(20-18-37)31-3-1-2-16-34-31/h1-16,21H,17-20,22H2,(H,36,39). The first-order chi connectivity index (χ1) is 19.1. The van der Waals surface area contributed by atoms with Gasteiger partial charge in [0.1, 0.15) is 5.82 Å². The molecule has 0 saturated carbocycles. The molecule has 5 aromatic rings. The molecule has 3 heterocycles. The Morgan fingerprint density at radius 1 is 0.821 bits per heavy atom. The van der Waals surface area contributed by atoms with Gasteiger partial charge in [0.25, 0.3) is 5.91 Å². The van der Waals surface area contributed by atoms with Crippen molar-refractivity contribution in [3.05, 3.63) is 120 Å². The van der Waals surface area contributed by atoms with Crippen LogP contribution in [0.1, 0.15) is 16.1 Å². The van der Waals surface area contributed by atoms with Crippen molar-refractivity contribution in [2.45, 2.75) is 6.54 Å². The van der Waals surface area contributed by atoms with E-state index < -0.39 is 0 Å². The van der Waals surface area contributed by atoms with Crippen LogP contribution in [0.2, 0.25) is 5.02 Å². The zero-order valence-corrected chi connectivity index (χ0v) is 22.2. The Morgan fingerprint density at radius 2 is 1.56 bits per heavy atom. The molecule has 6 nitrogen and oxygen atoms in total. The van der Waals surface area contributed by atoms with E-state index in [0.29, 0.717) is 10.6 Å². The highest BCUT2D eigenvalue weighted by Gasteiger charge is 2.18. The van der Waals surface area contributed by atoms with Crippen LogP contribution in [-0.4, -0.2) is 47.0 Å². The van der Waals surface area contributed by atoms with E-state index in [9.17, 15) is 4.79 Å². The molecular formula is C32H28ClN5O. The fraction of sp³-hybridized carbons (Fsp3) is 0.156. The van der Waals surface area contributed by atoms with Crippen LogP contribution in [0.4, 0.5) is 11.5 Å². The molecule has 3 aromatic carbocycles. The number of benzene rings is 3. The first-order valence-corrected chi connectivity index (χ1v) is 13.4. The smallest absolute Gasteiger partial charge is 0.255 e. The van der Waals surface area contributed by atoms with Crippen molar-refractivity contribution in [3.8, 4) is 11.1 Å². The van der Waals surface area contributed by atoms with Crippen molar-refractivity contribution in [2.24, 2.45) is 0 Å².